The number of amides is 2. The number of likely N-dealkylation sites (tertiary alicyclic amines) is 1. The summed E-state index contributed by atoms with van der Waals surface area (Å²) in [6, 6.07) is 8.92. The highest BCUT2D eigenvalue weighted by Gasteiger charge is 2.28. The van der Waals surface area contributed by atoms with Crippen LogP contribution in [0.5, 0.6) is 0 Å². The maximum absolute atomic E-state index is 12.2. The van der Waals surface area contributed by atoms with Crippen LogP contribution in [-0.2, 0) is 4.79 Å². The minimum atomic E-state index is -0.405. The van der Waals surface area contributed by atoms with Crippen molar-refractivity contribution in [3.05, 3.63) is 40.4 Å². The molecule has 6 nitrogen and oxygen atoms in total. The lowest BCUT2D eigenvalue weighted by atomic mass is 10.2. The second-order valence-electron chi connectivity index (χ2n) is 5.60. The molecule has 0 unspecified atom stereocenters. The van der Waals surface area contributed by atoms with E-state index in [1.807, 2.05) is 12.1 Å². The molecular weight excluding hydrogens is 360 g/mol. The maximum atomic E-state index is 12.2. The van der Waals surface area contributed by atoms with E-state index in [2.05, 4.69) is 16.4 Å². The zero-order valence-corrected chi connectivity index (χ0v) is 14.8. The summed E-state index contributed by atoms with van der Waals surface area (Å²) in [6.45, 7) is 0.426. The predicted molar refractivity (Wildman–Crippen MR) is 95.2 cm³/mol. The Morgan fingerprint density at radius 3 is 2.88 bits per heavy atom. The Balaban J connectivity index is 1.60. The summed E-state index contributed by atoms with van der Waals surface area (Å²) in [5, 5.41) is 14.6. The van der Waals surface area contributed by atoms with Gasteiger partial charge in [0.15, 0.2) is 0 Å². The summed E-state index contributed by atoms with van der Waals surface area (Å²) in [4.78, 5) is 30.1. The molecule has 0 radical (unpaired) electrons. The van der Waals surface area contributed by atoms with Gasteiger partial charge in [-0.15, -0.1) is 11.3 Å². The number of benzene rings is 1. The van der Waals surface area contributed by atoms with Gasteiger partial charge in [0.25, 0.3) is 5.91 Å². The van der Waals surface area contributed by atoms with E-state index in [1.165, 1.54) is 16.2 Å². The molecule has 1 aliphatic heterocycles. The summed E-state index contributed by atoms with van der Waals surface area (Å²) in [7, 11) is 0. The Morgan fingerprint density at radius 2 is 2.16 bits per heavy atom. The highest BCUT2D eigenvalue weighted by Crippen LogP contribution is 2.25. The average molecular weight is 375 g/mol. The summed E-state index contributed by atoms with van der Waals surface area (Å²) in [5.74, 6) is -0.650. The van der Waals surface area contributed by atoms with Crippen molar-refractivity contribution in [3.63, 3.8) is 0 Å². The smallest absolute Gasteiger partial charge is 0.271 e. The Labute approximate surface area is 154 Å². The Morgan fingerprint density at radius 1 is 1.40 bits per heavy atom. The number of hydrogen-bond donors (Lipinski definition) is 1. The van der Waals surface area contributed by atoms with Crippen LogP contribution in [0.1, 0.15) is 23.3 Å². The van der Waals surface area contributed by atoms with Crippen LogP contribution in [0, 0.1) is 11.3 Å². The summed E-state index contributed by atoms with van der Waals surface area (Å²) < 4.78 is 0. The summed E-state index contributed by atoms with van der Waals surface area (Å²) in [5.41, 5.74) is 1.14. The van der Waals surface area contributed by atoms with Crippen molar-refractivity contribution in [2.45, 2.75) is 18.9 Å². The second kappa shape index (κ2) is 7.64. The molecule has 1 fully saturated rings. The van der Waals surface area contributed by atoms with Gasteiger partial charge in [-0.25, -0.2) is 4.98 Å². The van der Waals surface area contributed by atoms with Crippen molar-refractivity contribution >= 4 is 34.8 Å². The van der Waals surface area contributed by atoms with Gasteiger partial charge in [0.05, 0.1) is 12.6 Å². The largest absolute Gasteiger partial charge is 0.342 e. The third kappa shape index (κ3) is 3.98. The molecule has 1 aromatic heterocycles. The van der Waals surface area contributed by atoms with E-state index in [0.717, 1.165) is 12.0 Å². The fourth-order valence-electron chi connectivity index (χ4n) is 2.65. The Kier molecular flexibility index (Phi) is 5.31. The first-order chi connectivity index (χ1) is 12.1. The van der Waals surface area contributed by atoms with E-state index in [1.54, 1.807) is 17.5 Å². The molecule has 0 spiro atoms. The lowest BCUT2D eigenvalue weighted by Gasteiger charge is -2.19. The molecule has 1 aliphatic rings. The molecule has 0 saturated carbocycles. The number of thiazole rings is 1. The molecule has 128 valence electrons. The highest BCUT2D eigenvalue weighted by molar-refractivity contribution is 7.13. The fourth-order valence-corrected chi connectivity index (χ4v) is 3.58. The molecular formula is C17H15ClN4O2S. The van der Waals surface area contributed by atoms with Crippen LogP contribution < -0.4 is 5.32 Å². The zero-order chi connectivity index (χ0) is 17.8. The lowest BCUT2D eigenvalue weighted by molar-refractivity contribution is -0.130. The van der Waals surface area contributed by atoms with Crippen molar-refractivity contribution in [2.75, 3.05) is 13.1 Å². The molecule has 1 atom stereocenters. The normalized spacial score (nSPS) is 16.5. The predicted octanol–water partition coefficient (Wildman–Crippen LogP) is 2.71. The molecule has 1 saturated heterocycles. The van der Waals surface area contributed by atoms with Gasteiger partial charge in [-0.1, -0.05) is 23.7 Å². The molecule has 2 heterocycles. The number of rotatable bonds is 4. The number of halogens is 1. The highest BCUT2D eigenvalue weighted by atomic mass is 35.5. The molecule has 8 heteroatoms. The van der Waals surface area contributed by atoms with Crippen molar-refractivity contribution in [2.24, 2.45) is 0 Å². The molecule has 25 heavy (non-hydrogen) atoms. The topological polar surface area (TPSA) is 86.1 Å². The van der Waals surface area contributed by atoms with E-state index >= 15 is 0 Å². The number of nitriles is 1. The number of aromatic nitrogens is 1. The average Bonchev–Trinajstić information content (AvgIpc) is 3.29. The van der Waals surface area contributed by atoms with Crippen LogP contribution in [0.15, 0.2) is 29.6 Å². The zero-order valence-electron chi connectivity index (χ0n) is 13.2. The minimum absolute atomic E-state index is 0.134. The molecule has 2 amide bonds. The monoisotopic (exact) mass is 374 g/mol. The standard InChI is InChI=1S/C17H15ClN4O2S/c18-12-5-3-11(4-6-12)17-21-14(10-25-17)16(24)20-9-15(23)22-7-1-2-13(22)8-19/h3-6,10,13H,1-2,7,9H2,(H,20,24)/t13-/m0/s1. The van der Waals surface area contributed by atoms with Gasteiger partial charge in [-0.2, -0.15) is 5.26 Å². The molecule has 2 aromatic rings. The first-order valence-corrected chi connectivity index (χ1v) is 9.03. The SMILES string of the molecule is N#C[C@@H]1CCCN1C(=O)CNC(=O)c1csc(-c2ccc(Cl)cc2)n1. The quantitative estimate of drug-likeness (QED) is 0.891. The van der Waals surface area contributed by atoms with E-state index < -0.39 is 5.91 Å². The van der Waals surface area contributed by atoms with Gasteiger partial charge in [0.1, 0.15) is 16.7 Å². The van der Waals surface area contributed by atoms with E-state index in [9.17, 15) is 9.59 Å². The van der Waals surface area contributed by atoms with Gasteiger partial charge in [-0.05, 0) is 25.0 Å². The van der Waals surface area contributed by atoms with Crippen molar-refractivity contribution in [3.8, 4) is 16.6 Å². The van der Waals surface area contributed by atoms with Crippen LogP contribution in [0.2, 0.25) is 5.02 Å². The number of carbonyl (C=O) groups is 2. The fraction of sp³-hybridized carbons (Fsp3) is 0.294. The number of hydrogen-bond acceptors (Lipinski definition) is 5. The van der Waals surface area contributed by atoms with Gasteiger partial charge in [0, 0.05) is 22.5 Å². The van der Waals surface area contributed by atoms with E-state index in [0.29, 0.717) is 23.0 Å². The van der Waals surface area contributed by atoms with E-state index in [4.69, 9.17) is 16.9 Å². The van der Waals surface area contributed by atoms with Crippen molar-refractivity contribution in [1.82, 2.24) is 15.2 Å². The summed E-state index contributed by atoms with van der Waals surface area (Å²) >= 11 is 7.21. The lowest BCUT2D eigenvalue weighted by Crippen LogP contribution is -2.42. The number of carbonyl (C=O) groups excluding carboxylic acids is 2. The summed E-state index contributed by atoms with van der Waals surface area (Å²) in [6.07, 6.45) is 1.50. The van der Waals surface area contributed by atoms with Crippen LogP contribution >= 0.6 is 22.9 Å². The second-order valence-corrected chi connectivity index (χ2v) is 6.90. The molecule has 0 aliphatic carbocycles. The first kappa shape index (κ1) is 17.4. The Hall–Kier alpha value is -2.43. The third-order valence-electron chi connectivity index (χ3n) is 3.95. The molecule has 0 bridgehead atoms. The van der Waals surface area contributed by atoms with Gasteiger partial charge < -0.3 is 10.2 Å². The third-order valence-corrected chi connectivity index (χ3v) is 5.09. The van der Waals surface area contributed by atoms with Crippen molar-refractivity contribution in [1.29, 1.82) is 5.26 Å². The van der Waals surface area contributed by atoms with Crippen LogP contribution in [0.25, 0.3) is 10.6 Å². The van der Waals surface area contributed by atoms with Crippen LogP contribution in [0.3, 0.4) is 0 Å². The first-order valence-electron chi connectivity index (χ1n) is 7.77. The van der Waals surface area contributed by atoms with E-state index in [-0.39, 0.29) is 24.2 Å². The van der Waals surface area contributed by atoms with Gasteiger partial charge in [0.2, 0.25) is 5.91 Å². The number of nitrogens with one attached hydrogen (secondary N) is 1. The maximum Gasteiger partial charge on any atom is 0.271 e. The molecule has 1 N–H and O–H groups in total. The minimum Gasteiger partial charge on any atom is -0.342 e. The molecule has 3 rings (SSSR count). The van der Waals surface area contributed by atoms with Gasteiger partial charge >= 0.3 is 0 Å². The van der Waals surface area contributed by atoms with Gasteiger partial charge in [-0.3, -0.25) is 9.59 Å². The van der Waals surface area contributed by atoms with Crippen LogP contribution in [-0.4, -0.2) is 40.8 Å². The molecule has 1 aromatic carbocycles. The van der Waals surface area contributed by atoms with Crippen molar-refractivity contribution < 1.29 is 9.59 Å². The van der Waals surface area contributed by atoms with Crippen LogP contribution in [0.4, 0.5) is 0 Å². The Bertz CT molecular complexity index is 828. The number of nitrogens with zero attached hydrogens (tertiary/aromatic N) is 3.